The van der Waals surface area contributed by atoms with Crippen LogP contribution >= 0.6 is 0 Å². The van der Waals surface area contributed by atoms with Crippen molar-refractivity contribution in [3.63, 3.8) is 0 Å². The van der Waals surface area contributed by atoms with Gasteiger partial charge in [-0.2, -0.15) is 0 Å². The Morgan fingerprint density at radius 1 is 1.20 bits per heavy atom. The molecular formula is C14H27N3O3. The van der Waals surface area contributed by atoms with Crippen LogP contribution in [0, 0.1) is 0 Å². The minimum Gasteiger partial charge on any atom is -0.481 e. The third-order valence-corrected chi connectivity index (χ3v) is 3.77. The molecule has 6 nitrogen and oxygen atoms in total. The number of unbranched alkanes of at least 4 members (excludes halogenated alkanes) is 3. The van der Waals surface area contributed by atoms with Gasteiger partial charge >= 0.3 is 12.0 Å². The maximum Gasteiger partial charge on any atom is 0.317 e. The molecule has 3 N–H and O–H groups in total. The zero-order valence-electron chi connectivity index (χ0n) is 12.4. The Labute approximate surface area is 120 Å². The van der Waals surface area contributed by atoms with Crippen molar-refractivity contribution in [1.82, 2.24) is 15.5 Å². The highest BCUT2D eigenvalue weighted by molar-refractivity contribution is 5.74. The van der Waals surface area contributed by atoms with Crippen LogP contribution in [-0.2, 0) is 4.79 Å². The van der Waals surface area contributed by atoms with Gasteiger partial charge in [0.15, 0.2) is 0 Å². The highest BCUT2D eigenvalue weighted by Gasteiger charge is 2.21. The number of carbonyl (C=O) groups excluding carboxylic acids is 1. The number of urea groups is 1. The molecule has 0 aromatic heterocycles. The summed E-state index contributed by atoms with van der Waals surface area (Å²) in [4.78, 5) is 24.1. The lowest BCUT2D eigenvalue weighted by Crippen LogP contribution is -2.48. The second-order valence-electron chi connectivity index (χ2n) is 5.38. The molecule has 1 aliphatic rings. The van der Waals surface area contributed by atoms with Crippen LogP contribution in [0.1, 0.15) is 44.9 Å². The van der Waals surface area contributed by atoms with Gasteiger partial charge in [0.1, 0.15) is 0 Å². The third kappa shape index (κ3) is 6.75. The molecule has 0 aliphatic carbocycles. The van der Waals surface area contributed by atoms with E-state index in [1.54, 1.807) is 0 Å². The zero-order chi connectivity index (χ0) is 14.8. The van der Waals surface area contributed by atoms with E-state index in [0.717, 1.165) is 51.6 Å². The minimum atomic E-state index is -0.734. The molecule has 1 aliphatic heterocycles. The van der Waals surface area contributed by atoms with Crippen LogP contribution in [0.5, 0.6) is 0 Å². The molecular weight excluding hydrogens is 258 g/mol. The molecule has 116 valence electrons. The van der Waals surface area contributed by atoms with Gasteiger partial charge in [-0.3, -0.25) is 4.79 Å². The molecule has 0 bridgehead atoms. The van der Waals surface area contributed by atoms with E-state index in [0.29, 0.717) is 12.6 Å². The van der Waals surface area contributed by atoms with Gasteiger partial charge in [0, 0.05) is 26.1 Å². The van der Waals surface area contributed by atoms with Crippen LogP contribution in [0.15, 0.2) is 0 Å². The van der Waals surface area contributed by atoms with Crippen LogP contribution in [0.25, 0.3) is 0 Å². The summed E-state index contributed by atoms with van der Waals surface area (Å²) in [5.74, 6) is -0.734. The Kier molecular flexibility index (Phi) is 8.02. The van der Waals surface area contributed by atoms with E-state index in [2.05, 4.69) is 10.6 Å². The van der Waals surface area contributed by atoms with E-state index in [1.165, 1.54) is 0 Å². The Morgan fingerprint density at radius 3 is 2.50 bits per heavy atom. The summed E-state index contributed by atoms with van der Waals surface area (Å²) in [5, 5.41) is 14.7. The molecule has 1 heterocycles. The molecule has 0 atom stereocenters. The quantitative estimate of drug-likeness (QED) is 0.589. The molecule has 0 radical (unpaired) electrons. The van der Waals surface area contributed by atoms with Gasteiger partial charge in [0.2, 0.25) is 0 Å². The number of carboxylic acid groups (broad SMARTS) is 1. The molecule has 1 saturated heterocycles. The first-order valence-electron chi connectivity index (χ1n) is 7.54. The van der Waals surface area contributed by atoms with Gasteiger partial charge < -0.3 is 20.6 Å². The summed E-state index contributed by atoms with van der Waals surface area (Å²) in [5.41, 5.74) is 0. The first kappa shape index (κ1) is 16.8. The van der Waals surface area contributed by atoms with E-state index in [1.807, 2.05) is 11.9 Å². The van der Waals surface area contributed by atoms with Crippen molar-refractivity contribution >= 4 is 12.0 Å². The summed E-state index contributed by atoms with van der Waals surface area (Å²) in [7, 11) is 1.86. The van der Waals surface area contributed by atoms with E-state index in [-0.39, 0.29) is 12.5 Å². The van der Waals surface area contributed by atoms with Crippen LogP contribution < -0.4 is 10.6 Å². The van der Waals surface area contributed by atoms with Gasteiger partial charge in [-0.25, -0.2) is 4.79 Å². The monoisotopic (exact) mass is 285 g/mol. The van der Waals surface area contributed by atoms with Gasteiger partial charge in [0.05, 0.1) is 0 Å². The Balaban J connectivity index is 2.03. The van der Waals surface area contributed by atoms with Crippen molar-refractivity contribution < 1.29 is 14.7 Å². The lowest BCUT2D eigenvalue weighted by Gasteiger charge is -2.31. The van der Waals surface area contributed by atoms with E-state index < -0.39 is 5.97 Å². The molecule has 20 heavy (non-hydrogen) atoms. The number of carboxylic acids is 1. The molecule has 0 spiro atoms. The maximum absolute atomic E-state index is 11.9. The third-order valence-electron chi connectivity index (χ3n) is 3.77. The smallest absolute Gasteiger partial charge is 0.317 e. The Hall–Kier alpha value is -1.30. The van der Waals surface area contributed by atoms with Crippen LogP contribution in [-0.4, -0.2) is 54.7 Å². The number of nitrogens with one attached hydrogen (secondary N) is 2. The second kappa shape index (κ2) is 9.58. The first-order chi connectivity index (χ1) is 9.61. The molecule has 0 unspecified atom stereocenters. The fourth-order valence-electron chi connectivity index (χ4n) is 2.43. The number of hydrogen-bond donors (Lipinski definition) is 3. The zero-order valence-corrected chi connectivity index (χ0v) is 12.4. The van der Waals surface area contributed by atoms with Gasteiger partial charge in [-0.15, -0.1) is 0 Å². The summed E-state index contributed by atoms with van der Waals surface area (Å²) >= 11 is 0. The standard InChI is InChI=1S/C14H27N3O3/c1-17(12-7-10-15-11-8-12)14(20)16-9-5-3-2-4-6-13(18)19/h12,15H,2-11H2,1H3,(H,16,20)(H,18,19). The number of piperidine rings is 1. The maximum atomic E-state index is 11.9. The predicted octanol–water partition coefficient (Wildman–Crippen LogP) is 1.41. The molecule has 6 heteroatoms. The fraction of sp³-hybridized carbons (Fsp3) is 0.857. The summed E-state index contributed by atoms with van der Waals surface area (Å²) < 4.78 is 0. The molecule has 2 amide bonds. The number of rotatable bonds is 8. The summed E-state index contributed by atoms with van der Waals surface area (Å²) in [6.07, 6.45) is 5.77. The summed E-state index contributed by atoms with van der Waals surface area (Å²) in [6.45, 7) is 2.62. The second-order valence-corrected chi connectivity index (χ2v) is 5.38. The number of nitrogens with zero attached hydrogens (tertiary/aromatic N) is 1. The normalized spacial score (nSPS) is 15.8. The van der Waals surface area contributed by atoms with Crippen molar-refractivity contribution in [1.29, 1.82) is 0 Å². The average molecular weight is 285 g/mol. The van der Waals surface area contributed by atoms with Crippen LogP contribution in [0.4, 0.5) is 4.79 Å². The highest BCUT2D eigenvalue weighted by atomic mass is 16.4. The van der Waals surface area contributed by atoms with E-state index >= 15 is 0 Å². The molecule has 1 rings (SSSR count). The molecule has 0 saturated carbocycles. The van der Waals surface area contributed by atoms with E-state index in [4.69, 9.17) is 5.11 Å². The number of aliphatic carboxylic acids is 1. The average Bonchev–Trinajstić information content (AvgIpc) is 2.45. The van der Waals surface area contributed by atoms with Gasteiger partial charge in [-0.1, -0.05) is 12.8 Å². The molecule has 0 aromatic carbocycles. The van der Waals surface area contributed by atoms with Crippen molar-refractivity contribution in [2.45, 2.75) is 51.0 Å². The minimum absolute atomic E-state index is 0.00226. The lowest BCUT2D eigenvalue weighted by molar-refractivity contribution is -0.137. The van der Waals surface area contributed by atoms with Crippen LogP contribution in [0.3, 0.4) is 0 Å². The Bertz CT molecular complexity index is 304. The highest BCUT2D eigenvalue weighted by Crippen LogP contribution is 2.09. The molecule has 1 fully saturated rings. The van der Waals surface area contributed by atoms with Crippen molar-refractivity contribution in [3.05, 3.63) is 0 Å². The number of carbonyl (C=O) groups is 2. The topological polar surface area (TPSA) is 81.7 Å². The summed E-state index contributed by atoms with van der Waals surface area (Å²) in [6, 6.07) is 0.342. The largest absolute Gasteiger partial charge is 0.481 e. The Morgan fingerprint density at radius 2 is 1.85 bits per heavy atom. The van der Waals surface area contributed by atoms with E-state index in [9.17, 15) is 9.59 Å². The van der Waals surface area contributed by atoms with Crippen molar-refractivity contribution in [2.24, 2.45) is 0 Å². The van der Waals surface area contributed by atoms with Crippen molar-refractivity contribution in [2.75, 3.05) is 26.7 Å². The van der Waals surface area contributed by atoms with Crippen LogP contribution in [0.2, 0.25) is 0 Å². The lowest BCUT2D eigenvalue weighted by atomic mass is 10.1. The first-order valence-corrected chi connectivity index (χ1v) is 7.54. The fourth-order valence-corrected chi connectivity index (χ4v) is 2.43. The number of hydrogen-bond acceptors (Lipinski definition) is 3. The number of amides is 2. The molecule has 0 aromatic rings. The SMILES string of the molecule is CN(C(=O)NCCCCCCC(=O)O)C1CCNCC1. The predicted molar refractivity (Wildman–Crippen MR) is 77.8 cm³/mol. The van der Waals surface area contributed by atoms with Gasteiger partial charge in [0.25, 0.3) is 0 Å². The van der Waals surface area contributed by atoms with Crippen molar-refractivity contribution in [3.8, 4) is 0 Å². The van der Waals surface area contributed by atoms with Gasteiger partial charge in [-0.05, 0) is 38.8 Å².